The number of carboxylic acid groups (broad SMARTS) is 1. The molecular formula is C10H10N2O3. The van der Waals surface area contributed by atoms with Gasteiger partial charge >= 0.3 is 5.97 Å². The van der Waals surface area contributed by atoms with E-state index in [-0.39, 0.29) is 0 Å². The molecule has 1 aromatic rings. The average molecular weight is 206 g/mol. The van der Waals surface area contributed by atoms with E-state index in [1.165, 1.54) is 24.3 Å². The van der Waals surface area contributed by atoms with Crippen LogP contribution in [0.5, 0.6) is 0 Å². The third-order valence-corrected chi connectivity index (χ3v) is 2.01. The van der Waals surface area contributed by atoms with Crippen molar-refractivity contribution in [2.24, 2.45) is 5.73 Å². The van der Waals surface area contributed by atoms with Crippen molar-refractivity contribution in [1.29, 1.82) is 5.26 Å². The molecule has 0 unspecified atom stereocenters. The maximum Gasteiger partial charge on any atom is 0.323 e. The molecule has 78 valence electrons. The summed E-state index contributed by atoms with van der Waals surface area (Å²) in [5.41, 5.74) is 6.07. The molecule has 0 aliphatic rings. The van der Waals surface area contributed by atoms with Crippen molar-refractivity contribution in [2.45, 2.75) is 12.1 Å². The molecule has 0 amide bonds. The summed E-state index contributed by atoms with van der Waals surface area (Å²) in [6.07, 6.45) is -1.27. The minimum Gasteiger partial charge on any atom is -0.480 e. The van der Waals surface area contributed by atoms with Gasteiger partial charge in [-0.1, -0.05) is 12.1 Å². The van der Waals surface area contributed by atoms with E-state index in [0.717, 1.165) is 0 Å². The number of carboxylic acids is 1. The van der Waals surface area contributed by atoms with Gasteiger partial charge in [-0.2, -0.15) is 5.26 Å². The summed E-state index contributed by atoms with van der Waals surface area (Å²) in [6, 6.07) is 6.50. The van der Waals surface area contributed by atoms with Crippen LogP contribution in [-0.2, 0) is 4.79 Å². The van der Waals surface area contributed by atoms with Crippen LogP contribution in [0.4, 0.5) is 0 Å². The smallest absolute Gasteiger partial charge is 0.323 e. The number of nitriles is 1. The van der Waals surface area contributed by atoms with Gasteiger partial charge in [-0.25, -0.2) is 0 Å². The van der Waals surface area contributed by atoms with Crippen molar-refractivity contribution in [3.63, 3.8) is 0 Å². The molecule has 5 nitrogen and oxygen atoms in total. The fraction of sp³-hybridized carbons (Fsp3) is 0.200. The summed E-state index contributed by atoms with van der Waals surface area (Å²) in [7, 11) is 0. The van der Waals surface area contributed by atoms with Gasteiger partial charge in [-0.3, -0.25) is 4.79 Å². The van der Waals surface area contributed by atoms with Gasteiger partial charge in [0.25, 0.3) is 0 Å². The molecule has 1 aromatic carbocycles. The Hall–Kier alpha value is -1.90. The Morgan fingerprint density at radius 2 is 1.93 bits per heavy atom. The van der Waals surface area contributed by atoms with Crippen molar-refractivity contribution in [3.8, 4) is 6.07 Å². The van der Waals surface area contributed by atoms with E-state index in [0.29, 0.717) is 11.1 Å². The number of hydrogen-bond donors (Lipinski definition) is 3. The van der Waals surface area contributed by atoms with Gasteiger partial charge in [0, 0.05) is 0 Å². The molecule has 0 aromatic heterocycles. The number of benzene rings is 1. The first kappa shape index (κ1) is 11.2. The zero-order valence-electron chi connectivity index (χ0n) is 7.79. The number of carbonyl (C=O) groups is 1. The first-order valence-electron chi connectivity index (χ1n) is 4.22. The highest BCUT2D eigenvalue weighted by molar-refractivity contribution is 5.74. The van der Waals surface area contributed by atoms with Crippen LogP contribution in [0.3, 0.4) is 0 Å². The standard InChI is InChI=1S/C10H10N2O3/c11-5-6-1-3-7(4-2-6)9(13)8(12)10(14)15/h1-4,8-9,13H,12H2,(H,14,15)/t8-,9+/m0/s1. The Kier molecular flexibility index (Phi) is 3.39. The molecule has 2 atom stereocenters. The molecular weight excluding hydrogens is 196 g/mol. The van der Waals surface area contributed by atoms with Gasteiger partial charge in [-0.05, 0) is 17.7 Å². The lowest BCUT2D eigenvalue weighted by atomic mass is 10.0. The van der Waals surface area contributed by atoms with Gasteiger partial charge in [0.15, 0.2) is 0 Å². The largest absolute Gasteiger partial charge is 0.480 e. The topological polar surface area (TPSA) is 107 Å². The number of nitrogens with two attached hydrogens (primary N) is 1. The van der Waals surface area contributed by atoms with Gasteiger partial charge in [0.1, 0.15) is 12.1 Å². The van der Waals surface area contributed by atoms with E-state index >= 15 is 0 Å². The van der Waals surface area contributed by atoms with Gasteiger partial charge in [0.2, 0.25) is 0 Å². The molecule has 0 aliphatic heterocycles. The fourth-order valence-electron chi connectivity index (χ4n) is 1.10. The van der Waals surface area contributed by atoms with E-state index in [2.05, 4.69) is 0 Å². The predicted octanol–water partition coefficient (Wildman–Crippen LogP) is 0.00358. The number of aliphatic hydroxyl groups excluding tert-OH is 1. The maximum absolute atomic E-state index is 10.5. The van der Waals surface area contributed by atoms with Crippen molar-refractivity contribution >= 4 is 5.97 Å². The quantitative estimate of drug-likeness (QED) is 0.645. The summed E-state index contributed by atoms with van der Waals surface area (Å²) in [6.45, 7) is 0. The lowest BCUT2D eigenvalue weighted by Crippen LogP contribution is -2.36. The molecule has 1 rings (SSSR count). The third kappa shape index (κ3) is 2.53. The maximum atomic E-state index is 10.5. The Balaban J connectivity index is 2.88. The molecule has 0 spiro atoms. The second kappa shape index (κ2) is 4.55. The molecule has 0 saturated carbocycles. The second-order valence-corrected chi connectivity index (χ2v) is 3.04. The van der Waals surface area contributed by atoms with Crippen LogP contribution < -0.4 is 5.73 Å². The van der Waals surface area contributed by atoms with Crippen LogP contribution >= 0.6 is 0 Å². The SMILES string of the molecule is N#Cc1ccc([C@@H](O)[C@H](N)C(=O)O)cc1. The lowest BCUT2D eigenvalue weighted by molar-refractivity contribution is -0.141. The Morgan fingerprint density at radius 1 is 1.40 bits per heavy atom. The Morgan fingerprint density at radius 3 is 2.33 bits per heavy atom. The molecule has 4 N–H and O–H groups in total. The first-order valence-corrected chi connectivity index (χ1v) is 4.22. The molecule has 0 aliphatic carbocycles. The average Bonchev–Trinajstić information content (AvgIpc) is 2.27. The first-order chi connectivity index (χ1) is 7.06. The minimum absolute atomic E-state index is 0.379. The Labute approximate surface area is 86.4 Å². The summed E-state index contributed by atoms with van der Waals surface area (Å²) in [5.74, 6) is -1.27. The van der Waals surface area contributed by atoms with Crippen molar-refractivity contribution < 1.29 is 15.0 Å². The van der Waals surface area contributed by atoms with Crippen LogP contribution in [0.1, 0.15) is 17.2 Å². The molecule has 0 bridgehead atoms. The fourth-order valence-corrected chi connectivity index (χ4v) is 1.10. The summed E-state index contributed by atoms with van der Waals surface area (Å²) in [4.78, 5) is 10.5. The van der Waals surface area contributed by atoms with E-state index in [1.54, 1.807) is 0 Å². The number of aliphatic carboxylic acids is 1. The van der Waals surface area contributed by atoms with Gasteiger partial charge in [0.05, 0.1) is 11.6 Å². The number of aliphatic hydroxyl groups is 1. The van der Waals surface area contributed by atoms with Crippen molar-refractivity contribution in [3.05, 3.63) is 35.4 Å². The third-order valence-electron chi connectivity index (χ3n) is 2.01. The van der Waals surface area contributed by atoms with Gasteiger partial charge in [-0.15, -0.1) is 0 Å². The van der Waals surface area contributed by atoms with Crippen molar-refractivity contribution in [1.82, 2.24) is 0 Å². The van der Waals surface area contributed by atoms with E-state index in [9.17, 15) is 9.90 Å². The number of hydrogen-bond acceptors (Lipinski definition) is 4. The molecule has 0 fully saturated rings. The zero-order chi connectivity index (χ0) is 11.4. The van der Waals surface area contributed by atoms with Crippen LogP contribution in [-0.4, -0.2) is 22.2 Å². The van der Waals surface area contributed by atoms with Crippen LogP contribution in [0.15, 0.2) is 24.3 Å². The van der Waals surface area contributed by atoms with Crippen LogP contribution in [0, 0.1) is 11.3 Å². The van der Waals surface area contributed by atoms with E-state index < -0.39 is 18.1 Å². The molecule has 15 heavy (non-hydrogen) atoms. The normalized spacial score (nSPS) is 13.9. The number of nitrogens with zero attached hydrogens (tertiary/aromatic N) is 1. The molecule has 0 saturated heterocycles. The lowest BCUT2D eigenvalue weighted by Gasteiger charge is -2.14. The van der Waals surface area contributed by atoms with E-state index in [4.69, 9.17) is 16.1 Å². The van der Waals surface area contributed by atoms with Gasteiger partial charge < -0.3 is 15.9 Å². The molecule has 0 heterocycles. The number of rotatable bonds is 3. The second-order valence-electron chi connectivity index (χ2n) is 3.04. The highest BCUT2D eigenvalue weighted by atomic mass is 16.4. The van der Waals surface area contributed by atoms with Crippen LogP contribution in [0.2, 0.25) is 0 Å². The summed E-state index contributed by atoms with van der Waals surface area (Å²) >= 11 is 0. The highest BCUT2D eigenvalue weighted by Gasteiger charge is 2.23. The zero-order valence-corrected chi connectivity index (χ0v) is 7.79. The predicted molar refractivity (Wildman–Crippen MR) is 51.7 cm³/mol. The molecule has 0 radical (unpaired) electrons. The Bertz CT molecular complexity index is 394. The van der Waals surface area contributed by atoms with Crippen molar-refractivity contribution in [2.75, 3.05) is 0 Å². The summed E-state index contributed by atoms with van der Waals surface area (Å²) < 4.78 is 0. The monoisotopic (exact) mass is 206 g/mol. The highest BCUT2D eigenvalue weighted by Crippen LogP contribution is 2.16. The van der Waals surface area contributed by atoms with E-state index in [1.807, 2.05) is 6.07 Å². The van der Waals surface area contributed by atoms with Crippen LogP contribution in [0.25, 0.3) is 0 Å². The minimum atomic E-state index is -1.36. The molecule has 5 heteroatoms. The summed E-state index contributed by atoms with van der Waals surface area (Å²) in [5, 5.41) is 26.6.